The van der Waals surface area contributed by atoms with Gasteiger partial charge in [0.2, 0.25) is 0 Å². The van der Waals surface area contributed by atoms with Crippen molar-refractivity contribution in [2.75, 3.05) is 11.5 Å². The van der Waals surface area contributed by atoms with Gasteiger partial charge in [-0.15, -0.1) is 0 Å². The van der Waals surface area contributed by atoms with Crippen LogP contribution in [-0.4, -0.2) is 15.7 Å². The summed E-state index contributed by atoms with van der Waals surface area (Å²) in [6.45, 7) is 8.67. The second-order valence-electron chi connectivity index (χ2n) is 5.31. The molecule has 1 heterocycles. The van der Waals surface area contributed by atoms with Crippen LogP contribution >= 0.6 is 0 Å². The highest BCUT2D eigenvalue weighted by atomic mass is 32.2. The fraction of sp³-hybridized carbons (Fsp3) is 1.00. The topological polar surface area (TPSA) is 17.1 Å². The quantitative estimate of drug-likeness (QED) is 0.672. The van der Waals surface area contributed by atoms with Gasteiger partial charge in [0.1, 0.15) is 0 Å². The van der Waals surface area contributed by atoms with Crippen LogP contribution in [0.3, 0.4) is 0 Å². The summed E-state index contributed by atoms with van der Waals surface area (Å²) >= 11 is 0. The molecule has 1 saturated heterocycles. The highest BCUT2D eigenvalue weighted by molar-refractivity contribution is 7.86. The average molecular weight is 230 g/mol. The minimum atomic E-state index is -0.451. The molecule has 0 bridgehead atoms. The smallest absolute Gasteiger partial charge is 0.0300 e. The number of hydrogen-bond donors (Lipinski definition) is 0. The Balaban J connectivity index is 0.000000531. The van der Waals surface area contributed by atoms with E-state index in [9.17, 15) is 4.21 Å². The number of rotatable bonds is 1. The number of hydrogen-bond acceptors (Lipinski definition) is 1. The summed E-state index contributed by atoms with van der Waals surface area (Å²) in [5.41, 5.74) is 0.538. The molecule has 0 N–H and O–H groups in total. The first-order chi connectivity index (χ1) is 7.11. The van der Waals surface area contributed by atoms with E-state index in [2.05, 4.69) is 13.8 Å². The van der Waals surface area contributed by atoms with E-state index in [-0.39, 0.29) is 0 Å². The molecule has 0 aromatic rings. The molecule has 1 spiro atoms. The second-order valence-corrected chi connectivity index (χ2v) is 6.77. The van der Waals surface area contributed by atoms with Crippen molar-refractivity contribution < 1.29 is 4.21 Å². The van der Waals surface area contributed by atoms with E-state index in [1.165, 1.54) is 25.7 Å². The van der Waals surface area contributed by atoms with E-state index >= 15 is 0 Å². The summed E-state index contributed by atoms with van der Waals surface area (Å²) in [7, 11) is -0.451. The van der Waals surface area contributed by atoms with Crippen molar-refractivity contribution >= 4 is 10.8 Å². The molecule has 1 aliphatic carbocycles. The lowest BCUT2D eigenvalue weighted by Gasteiger charge is -2.46. The normalized spacial score (nSPS) is 39.5. The predicted octanol–water partition coefficient (Wildman–Crippen LogP) is 3.61. The van der Waals surface area contributed by atoms with E-state index < -0.39 is 10.8 Å². The van der Waals surface area contributed by atoms with Gasteiger partial charge in [-0.3, -0.25) is 4.21 Å². The van der Waals surface area contributed by atoms with Gasteiger partial charge in [0.25, 0.3) is 0 Å². The predicted molar refractivity (Wildman–Crippen MR) is 68.5 cm³/mol. The molecule has 0 atom stereocenters. The van der Waals surface area contributed by atoms with Crippen LogP contribution in [0.25, 0.3) is 0 Å². The van der Waals surface area contributed by atoms with Gasteiger partial charge in [0.05, 0.1) is 0 Å². The summed E-state index contributed by atoms with van der Waals surface area (Å²) in [4.78, 5) is 0. The first kappa shape index (κ1) is 13.2. The second kappa shape index (κ2) is 5.47. The van der Waals surface area contributed by atoms with Gasteiger partial charge in [-0.25, -0.2) is 0 Å². The lowest BCUT2D eigenvalue weighted by molar-refractivity contribution is 0.156. The molecule has 0 unspecified atom stereocenters. The standard InChI is InChI=1S/C11H20OS.C2H6/c1-9(2)10-3-5-11(6-4-10)7-13(12)8-11;1-2/h9-10H,3-8H2,1-2H3;1-2H3. The molecule has 2 aliphatic rings. The molecule has 0 aromatic carbocycles. The molecular formula is C13H26OS. The molecule has 15 heavy (non-hydrogen) atoms. The molecule has 2 heteroatoms. The highest BCUT2D eigenvalue weighted by Gasteiger charge is 2.44. The SMILES string of the molecule is CC.CC(C)C1CCC2(CC1)CS(=O)C2. The van der Waals surface area contributed by atoms with Crippen LogP contribution in [0, 0.1) is 17.3 Å². The van der Waals surface area contributed by atoms with E-state index in [4.69, 9.17) is 0 Å². The first-order valence-corrected chi connectivity index (χ1v) is 7.95. The molecule has 2 fully saturated rings. The van der Waals surface area contributed by atoms with E-state index in [1.807, 2.05) is 13.8 Å². The minimum Gasteiger partial charge on any atom is -0.260 e. The van der Waals surface area contributed by atoms with Crippen molar-refractivity contribution in [2.24, 2.45) is 17.3 Å². The first-order valence-electron chi connectivity index (χ1n) is 6.46. The van der Waals surface area contributed by atoms with Crippen molar-refractivity contribution in [3.05, 3.63) is 0 Å². The van der Waals surface area contributed by atoms with Gasteiger partial charge in [-0.05, 0) is 42.9 Å². The van der Waals surface area contributed by atoms with Crippen molar-refractivity contribution in [3.63, 3.8) is 0 Å². The summed E-state index contributed by atoms with van der Waals surface area (Å²) in [5.74, 6) is 3.82. The Bertz CT molecular complexity index is 205. The third-order valence-corrected chi connectivity index (χ3v) is 5.84. The minimum absolute atomic E-state index is 0.451. The van der Waals surface area contributed by atoms with Gasteiger partial charge in [0.15, 0.2) is 0 Å². The molecule has 90 valence electrons. The van der Waals surface area contributed by atoms with Crippen molar-refractivity contribution in [2.45, 2.75) is 53.4 Å². The zero-order valence-corrected chi connectivity index (χ0v) is 11.5. The maximum atomic E-state index is 11.1. The summed E-state index contributed by atoms with van der Waals surface area (Å²) in [5, 5.41) is 0. The molecule has 0 amide bonds. The van der Waals surface area contributed by atoms with Crippen LogP contribution in [0.4, 0.5) is 0 Å². The molecular weight excluding hydrogens is 204 g/mol. The molecule has 0 aromatic heterocycles. The molecule has 2 rings (SSSR count). The highest BCUT2D eigenvalue weighted by Crippen LogP contribution is 2.47. The lowest BCUT2D eigenvalue weighted by Crippen LogP contribution is -2.47. The van der Waals surface area contributed by atoms with Crippen molar-refractivity contribution in [3.8, 4) is 0 Å². The molecule has 0 radical (unpaired) electrons. The Labute approximate surface area is 97.5 Å². The van der Waals surface area contributed by atoms with Crippen LogP contribution in [0.5, 0.6) is 0 Å². The Morgan fingerprint density at radius 2 is 1.60 bits per heavy atom. The Morgan fingerprint density at radius 1 is 1.13 bits per heavy atom. The van der Waals surface area contributed by atoms with Crippen LogP contribution in [0.2, 0.25) is 0 Å². The van der Waals surface area contributed by atoms with Crippen LogP contribution < -0.4 is 0 Å². The van der Waals surface area contributed by atoms with Gasteiger partial charge in [-0.1, -0.05) is 27.7 Å². The Kier molecular flexibility index (Phi) is 4.82. The van der Waals surface area contributed by atoms with Gasteiger partial charge in [-0.2, -0.15) is 0 Å². The Morgan fingerprint density at radius 3 is 1.93 bits per heavy atom. The van der Waals surface area contributed by atoms with Crippen LogP contribution in [0.15, 0.2) is 0 Å². The van der Waals surface area contributed by atoms with Crippen LogP contribution in [0.1, 0.15) is 53.4 Å². The van der Waals surface area contributed by atoms with Gasteiger partial charge >= 0.3 is 0 Å². The monoisotopic (exact) mass is 230 g/mol. The van der Waals surface area contributed by atoms with Crippen molar-refractivity contribution in [1.82, 2.24) is 0 Å². The van der Waals surface area contributed by atoms with Gasteiger partial charge in [0, 0.05) is 22.3 Å². The third kappa shape index (κ3) is 3.05. The maximum absolute atomic E-state index is 11.1. The fourth-order valence-corrected chi connectivity index (χ4v) is 4.71. The fourth-order valence-electron chi connectivity index (χ4n) is 2.85. The van der Waals surface area contributed by atoms with Crippen molar-refractivity contribution in [1.29, 1.82) is 0 Å². The molecule has 1 nitrogen and oxygen atoms in total. The Hall–Kier alpha value is 0.150. The molecule has 1 saturated carbocycles. The zero-order chi connectivity index (χ0) is 11.5. The average Bonchev–Trinajstić information content (AvgIpc) is 2.19. The lowest BCUT2D eigenvalue weighted by atomic mass is 9.69. The summed E-state index contributed by atoms with van der Waals surface area (Å²) < 4.78 is 11.1. The summed E-state index contributed by atoms with van der Waals surface area (Å²) in [6, 6.07) is 0. The largest absolute Gasteiger partial charge is 0.260 e. The van der Waals surface area contributed by atoms with E-state index in [1.54, 1.807) is 0 Å². The third-order valence-electron chi connectivity index (χ3n) is 3.97. The van der Waals surface area contributed by atoms with E-state index in [0.29, 0.717) is 5.41 Å². The maximum Gasteiger partial charge on any atom is 0.0300 e. The summed E-state index contributed by atoms with van der Waals surface area (Å²) in [6.07, 6.45) is 5.47. The van der Waals surface area contributed by atoms with E-state index in [0.717, 1.165) is 23.3 Å². The molecule has 1 aliphatic heterocycles. The van der Waals surface area contributed by atoms with Gasteiger partial charge < -0.3 is 0 Å². The zero-order valence-electron chi connectivity index (χ0n) is 10.7. The van der Waals surface area contributed by atoms with Crippen LogP contribution in [-0.2, 0) is 10.8 Å².